The Hall–Kier alpha value is -2.48. The molecule has 0 saturated carbocycles. The molecule has 0 fully saturated rings. The van der Waals surface area contributed by atoms with Gasteiger partial charge in [0.25, 0.3) is 0 Å². The maximum atomic E-state index is 11.7. The minimum Gasteiger partial charge on any atom is -0.466 e. The van der Waals surface area contributed by atoms with Crippen molar-refractivity contribution in [3.8, 4) is 0 Å². The number of benzene rings is 1. The van der Waals surface area contributed by atoms with E-state index in [1.54, 1.807) is 38.2 Å². The van der Waals surface area contributed by atoms with Gasteiger partial charge in [0.15, 0.2) is 5.11 Å². The molecule has 0 aliphatic heterocycles. The Morgan fingerprint density at radius 2 is 1.75 bits per heavy atom. The van der Waals surface area contributed by atoms with Crippen LogP contribution in [-0.2, 0) is 25.5 Å². The molecular formula is C16H21N3O4S. The molecule has 1 aromatic carbocycles. The molecular weight excluding hydrogens is 330 g/mol. The Labute approximate surface area is 146 Å². The van der Waals surface area contributed by atoms with Crippen molar-refractivity contribution in [1.82, 2.24) is 10.6 Å². The first kappa shape index (κ1) is 19.6. The Balaban J connectivity index is 2.40. The van der Waals surface area contributed by atoms with Crippen LogP contribution in [0.15, 0.2) is 24.3 Å². The van der Waals surface area contributed by atoms with Crippen LogP contribution in [-0.4, -0.2) is 36.6 Å². The summed E-state index contributed by atoms with van der Waals surface area (Å²) < 4.78 is 4.74. The summed E-state index contributed by atoms with van der Waals surface area (Å²) in [5, 5.41) is 8.05. The van der Waals surface area contributed by atoms with Gasteiger partial charge in [0.2, 0.25) is 11.8 Å². The van der Waals surface area contributed by atoms with Crippen molar-refractivity contribution in [2.75, 3.05) is 19.0 Å². The second-order valence-electron chi connectivity index (χ2n) is 4.85. The van der Waals surface area contributed by atoms with Gasteiger partial charge in [-0.2, -0.15) is 0 Å². The van der Waals surface area contributed by atoms with Crippen LogP contribution in [0.25, 0.3) is 0 Å². The average Bonchev–Trinajstić information content (AvgIpc) is 2.55. The summed E-state index contributed by atoms with van der Waals surface area (Å²) in [7, 11) is 1.58. The van der Waals surface area contributed by atoms with E-state index < -0.39 is 5.97 Å². The Morgan fingerprint density at radius 3 is 2.33 bits per heavy atom. The number of thiocarbonyl (C=S) groups is 1. The van der Waals surface area contributed by atoms with Crippen LogP contribution in [0.3, 0.4) is 0 Å². The molecule has 1 aromatic rings. The first-order chi connectivity index (χ1) is 11.4. The van der Waals surface area contributed by atoms with Crippen LogP contribution in [0, 0.1) is 0 Å². The van der Waals surface area contributed by atoms with E-state index in [0.717, 1.165) is 5.56 Å². The topological polar surface area (TPSA) is 96.5 Å². The minimum absolute atomic E-state index is 0.00568. The Kier molecular flexibility index (Phi) is 8.42. The number of carbonyl (C=O) groups excluding carboxylic acids is 3. The molecule has 0 aliphatic rings. The van der Waals surface area contributed by atoms with E-state index >= 15 is 0 Å². The van der Waals surface area contributed by atoms with Gasteiger partial charge in [-0.05, 0) is 36.8 Å². The third-order valence-electron chi connectivity index (χ3n) is 2.97. The Bertz CT molecular complexity index is 602. The van der Waals surface area contributed by atoms with Gasteiger partial charge >= 0.3 is 5.97 Å². The summed E-state index contributed by atoms with van der Waals surface area (Å²) in [6, 6.07) is 7.11. The van der Waals surface area contributed by atoms with E-state index in [1.165, 1.54) is 0 Å². The largest absolute Gasteiger partial charge is 0.466 e. The standard InChI is InChI=1S/C16H21N3O4S/c1-3-23-15(22)9-8-13(20)19-16(24)18-12-6-4-11(5-7-12)10-14(21)17-2/h4-7H,3,8-10H2,1-2H3,(H,17,21)(H2,18,19,20,24). The van der Waals surface area contributed by atoms with Crippen molar-refractivity contribution in [2.45, 2.75) is 26.2 Å². The number of likely N-dealkylation sites (N-methyl/N-ethyl adjacent to an activating group) is 1. The van der Waals surface area contributed by atoms with E-state index in [0.29, 0.717) is 12.1 Å². The maximum Gasteiger partial charge on any atom is 0.306 e. The van der Waals surface area contributed by atoms with Crippen molar-refractivity contribution in [3.05, 3.63) is 29.8 Å². The highest BCUT2D eigenvalue weighted by atomic mass is 32.1. The zero-order chi connectivity index (χ0) is 17.9. The lowest BCUT2D eigenvalue weighted by atomic mass is 10.1. The van der Waals surface area contributed by atoms with Gasteiger partial charge in [-0.3, -0.25) is 14.4 Å². The lowest BCUT2D eigenvalue weighted by molar-refractivity contribution is -0.144. The fourth-order valence-corrected chi connectivity index (χ4v) is 2.01. The number of rotatable bonds is 7. The predicted molar refractivity (Wildman–Crippen MR) is 94.4 cm³/mol. The number of hydrogen-bond donors (Lipinski definition) is 3. The third-order valence-corrected chi connectivity index (χ3v) is 3.17. The molecule has 0 bridgehead atoms. The van der Waals surface area contributed by atoms with Crippen LogP contribution >= 0.6 is 12.2 Å². The number of anilines is 1. The van der Waals surface area contributed by atoms with E-state index in [1.807, 2.05) is 0 Å². The molecule has 2 amide bonds. The molecule has 24 heavy (non-hydrogen) atoms. The van der Waals surface area contributed by atoms with Gasteiger partial charge in [0.05, 0.1) is 19.4 Å². The van der Waals surface area contributed by atoms with Crippen molar-refractivity contribution < 1.29 is 19.1 Å². The van der Waals surface area contributed by atoms with Gasteiger partial charge in [0, 0.05) is 19.2 Å². The normalized spacial score (nSPS) is 9.75. The van der Waals surface area contributed by atoms with Crippen molar-refractivity contribution in [2.24, 2.45) is 0 Å². The van der Waals surface area contributed by atoms with Crippen LogP contribution in [0.4, 0.5) is 5.69 Å². The smallest absolute Gasteiger partial charge is 0.306 e. The number of amides is 2. The molecule has 7 nitrogen and oxygen atoms in total. The molecule has 3 N–H and O–H groups in total. The molecule has 0 unspecified atom stereocenters. The lowest BCUT2D eigenvalue weighted by Gasteiger charge is -2.10. The fraction of sp³-hybridized carbons (Fsp3) is 0.375. The van der Waals surface area contributed by atoms with E-state index in [-0.39, 0.29) is 36.4 Å². The number of hydrogen-bond acceptors (Lipinski definition) is 5. The summed E-state index contributed by atoms with van der Waals surface area (Å²) in [6.45, 7) is 1.99. The summed E-state index contributed by atoms with van der Waals surface area (Å²) in [5.41, 5.74) is 1.55. The van der Waals surface area contributed by atoms with Crippen LogP contribution < -0.4 is 16.0 Å². The summed E-state index contributed by atoms with van der Waals surface area (Å²) in [6.07, 6.45) is 0.314. The van der Waals surface area contributed by atoms with Crippen LogP contribution in [0.1, 0.15) is 25.3 Å². The van der Waals surface area contributed by atoms with Crippen LogP contribution in [0.5, 0.6) is 0 Å². The number of carbonyl (C=O) groups is 3. The molecule has 130 valence electrons. The van der Waals surface area contributed by atoms with Gasteiger partial charge in [-0.15, -0.1) is 0 Å². The SMILES string of the molecule is CCOC(=O)CCC(=O)NC(=S)Nc1ccc(CC(=O)NC)cc1. The fourth-order valence-electron chi connectivity index (χ4n) is 1.78. The van der Waals surface area contributed by atoms with Gasteiger partial charge in [0.1, 0.15) is 0 Å². The first-order valence-corrected chi connectivity index (χ1v) is 7.91. The van der Waals surface area contributed by atoms with Gasteiger partial charge < -0.3 is 20.7 Å². The Morgan fingerprint density at radius 1 is 1.08 bits per heavy atom. The molecule has 0 heterocycles. The molecule has 0 saturated heterocycles. The molecule has 0 spiro atoms. The van der Waals surface area contributed by atoms with E-state index in [2.05, 4.69) is 16.0 Å². The average molecular weight is 351 g/mol. The van der Waals surface area contributed by atoms with Crippen LogP contribution in [0.2, 0.25) is 0 Å². The first-order valence-electron chi connectivity index (χ1n) is 7.50. The predicted octanol–water partition coefficient (Wildman–Crippen LogP) is 1.13. The monoisotopic (exact) mass is 351 g/mol. The van der Waals surface area contributed by atoms with E-state index in [4.69, 9.17) is 17.0 Å². The highest BCUT2D eigenvalue weighted by Crippen LogP contribution is 2.10. The third kappa shape index (κ3) is 7.68. The van der Waals surface area contributed by atoms with Crippen molar-refractivity contribution >= 4 is 40.8 Å². The van der Waals surface area contributed by atoms with Gasteiger partial charge in [-0.1, -0.05) is 12.1 Å². The molecule has 8 heteroatoms. The number of nitrogens with one attached hydrogen (secondary N) is 3. The molecule has 0 atom stereocenters. The summed E-state index contributed by atoms with van der Waals surface area (Å²) in [4.78, 5) is 34.1. The highest BCUT2D eigenvalue weighted by molar-refractivity contribution is 7.80. The summed E-state index contributed by atoms with van der Waals surface area (Å²) >= 11 is 5.04. The second-order valence-corrected chi connectivity index (χ2v) is 5.26. The van der Waals surface area contributed by atoms with E-state index in [9.17, 15) is 14.4 Å². The maximum absolute atomic E-state index is 11.7. The van der Waals surface area contributed by atoms with Crippen molar-refractivity contribution in [1.29, 1.82) is 0 Å². The van der Waals surface area contributed by atoms with Crippen molar-refractivity contribution in [3.63, 3.8) is 0 Å². The quantitative estimate of drug-likeness (QED) is 0.503. The lowest BCUT2D eigenvalue weighted by Crippen LogP contribution is -2.34. The molecule has 1 rings (SSSR count). The summed E-state index contributed by atoms with van der Waals surface area (Å²) in [5.74, 6) is -0.852. The highest BCUT2D eigenvalue weighted by Gasteiger charge is 2.09. The number of ether oxygens (including phenoxy) is 1. The zero-order valence-corrected chi connectivity index (χ0v) is 14.5. The molecule has 0 radical (unpaired) electrons. The van der Waals surface area contributed by atoms with Gasteiger partial charge in [-0.25, -0.2) is 0 Å². The molecule has 0 aromatic heterocycles. The minimum atomic E-state index is -0.418. The number of esters is 1. The zero-order valence-electron chi connectivity index (χ0n) is 13.7. The second kappa shape index (κ2) is 10.3. The molecule has 0 aliphatic carbocycles.